The second-order valence-corrected chi connectivity index (χ2v) is 5.46. The summed E-state index contributed by atoms with van der Waals surface area (Å²) in [6.07, 6.45) is 5.13. The van der Waals surface area contributed by atoms with Gasteiger partial charge >= 0.3 is 11.7 Å². The summed E-state index contributed by atoms with van der Waals surface area (Å²) in [6, 6.07) is 3.36. The van der Waals surface area contributed by atoms with Gasteiger partial charge in [-0.05, 0) is 25.0 Å². The first-order chi connectivity index (χ1) is 9.99. The Kier molecular flexibility index (Phi) is 4.89. The summed E-state index contributed by atoms with van der Waals surface area (Å²) in [5, 5.41) is 22.7. The molecule has 1 aliphatic carbocycles. The zero-order valence-corrected chi connectivity index (χ0v) is 12.3. The molecule has 2 rings (SSSR count). The number of thiol groups is 1. The highest BCUT2D eigenvalue weighted by Crippen LogP contribution is 2.29. The quantitative estimate of drug-likeness (QED) is 0.345. The number of phenols is 1. The van der Waals surface area contributed by atoms with Crippen LogP contribution in [0.2, 0.25) is 0 Å². The highest BCUT2D eigenvalue weighted by atomic mass is 32.1. The number of phenolic OH excluding ortho intramolecular Hbond substituents is 1. The molecule has 0 atom stereocenters. The monoisotopic (exact) mass is 311 g/mol. The van der Waals surface area contributed by atoms with Crippen LogP contribution in [0.5, 0.6) is 5.75 Å². The molecule has 2 N–H and O–H groups in total. The summed E-state index contributed by atoms with van der Waals surface area (Å²) in [6.45, 7) is 0. The molecular formula is C13H17N3O4S. The summed E-state index contributed by atoms with van der Waals surface area (Å²) in [5.41, 5.74) is -0.199. The summed E-state index contributed by atoms with van der Waals surface area (Å²) in [4.78, 5) is 22.1. The van der Waals surface area contributed by atoms with E-state index in [1.165, 1.54) is 22.9 Å². The van der Waals surface area contributed by atoms with Crippen molar-refractivity contribution in [2.24, 2.45) is 0 Å². The number of hydrogen-bond donors (Lipinski definition) is 3. The minimum absolute atomic E-state index is 0.0779. The lowest BCUT2D eigenvalue weighted by atomic mass is 9.96. The Balaban J connectivity index is 2.05. The Labute approximate surface area is 127 Å². The van der Waals surface area contributed by atoms with Gasteiger partial charge in [0.1, 0.15) is 0 Å². The van der Waals surface area contributed by atoms with E-state index < -0.39 is 22.4 Å². The van der Waals surface area contributed by atoms with Crippen LogP contribution in [-0.4, -0.2) is 26.4 Å². The van der Waals surface area contributed by atoms with Crippen molar-refractivity contribution in [3.05, 3.63) is 28.3 Å². The van der Waals surface area contributed by atoms with Gasteiger partial charge in [-0.3, -0.25) is 14.4 Å². The number of carbonyl (C=O) groups excluding carboxylic acids is 1. The number of amides is 2. The van der Waals surface area contributed by atoms with Crippen LogP contribution in [0.1, 0.15) is 32.1 Å². The van der Waals surface area contributed by atoms with Crippen molar-refractivity contribution >= 4 is 30.2 Å². The number of aromatic hydroxyl groups is 1. The second kappa shape index (κ2) is 6.66. The molecule has 0 spiro atoms. The fraction of sp³-hybridized carbons (Fsp3) is 0.462. The van der Waals surface area contributed by atoms with E-state index in [9.17, 15) is 20.0 Å². The van der Waals surface area contributed by atoms with Crippen molar-refractivity contribution in [2.45, 2.75) is 38.1 Å². The number of anilines is 1. The number of hydrogen-bond acceptors (Lipinski definition) is 5. The Morgan fingerprint density at radius 1 is 1.38 bits per heavy atom. The molecule has 8 heteroatoms. The zero-order chi connectivity index (χ0) is 15.4. The Morgan fingerprint density at radius 3 is 2.67 bits per heavy atom. The van der Waals surface area contributed by atoms with Gasteiger partial charge in [0.15, 0.2) is 5.75 Å². The molecule has 1 aromatic carbocycles. The van der Waals surface area contributed by atoms with Crippen LogP contribution in [0.25, 0.3) is 0 Å². The summed E-state index contributed by atoms with van der Waals surface area (Å²) in [7, 11) is 0. The van der Waals surface area contributed by atoms with Gasteiger partial charge in [0, 0.05) is 17.8 Å². The molecule has 1 aliphatic rings. The molecule has 0 saturated heterocycles. The van der Waals surface area contributed by atoms with Crippen LogP contribution in [0.4, 0.5) is 16.2 Å². The van der Waals surface area contributed by atoms with Crippen molar-refractivity contribution in [1.29, 1.82) is 0 Å². The minimum atomic E-state index is -0.704. The average molecular weight is 311 g/mol. The number of nitro groups is 1. The molecule has 0 bridgehead atoms. The van der Waals surface area contributed by atoms with Crippen LogP contribution in [0.15, 0.2) is 18.2 Å². The molecule has 7 nitrogen and oxygen atoms in total. The van der Waals surface area contributed by atoms with Gasteiger partial charge in [-0.25, -0.2) is 4.79 Å². The number of carbonyl (C=O) groups is 1. The molecule has 1 fully saturated rings. The number of benzene rings is 1. The van der Waals surface area contributed by atoms with E-state index in [0.717, 1.165) is 31.7 Å². The summed E-state index contributed by atoms with van der Waals surface area (Å²) in [5.74, 6) is -0.437. The van der Waals surface area contributed by atoms with E-state index >= 15 is 0 Å². The topological polar surface area (TPSA) is 95.7 Å². The largest absolute Gasteiger partial charge is 0.502 e. The normalized spacial score (nSPS) is 15.5. The van der Waals surface area contributed by atoms with E-state index in [2.05, 4.69) is 18.1 Å². The summed E-state index contributed by atoms with van der Waals surface area (Å²) >= 11 is 4.22. The van der Waals surface area contributed by atoms with Crippen LogP contribution in [0, 0.1) is 10.1 Å². The van der Waals surface area contributed by atoms with Gasteiger partial charge in [-0.15, -0.1) is 0 Å². The molecule has 0 radical (unpaired) electrons. The first kappa shape index (κ1) is 15.4. The number of nitro benzene ring substituents is 1. The lowest BCUT2D eigenvalue weighted by Gasteiger charge is -2.29. The van der Waals surface area contributed by atoms with E-state index in [1.807, 2.05) is 0 Å². The maximum Gasteiger partial charge on any atom is 0.331 e. The number of nitrogens with one attached hydrogen (secondary N) is 1. The Hall–Kier alpha value is -1.96. The Bertz CT molecular complexity index is 546. The minimum Gasteiger partial charge on any atom is -0.502 e. The van der Waals surface area contributed by atoms with Gasteiger partial charge in [0.2, 0.25) is 0 Å². The lowest BCUT2D eigenvalue weighted by Crippen LogP contribution is -2.37. The molecule has 21 heavy (non-hydrogen) atoms. The van der Waals surface area contributed by atoms with E-state index in [1.54, 1.807) is 0 Å². The highest BCUT2D eigenvalue weighted by Gasteiger charge is 2.23. The number of nitrogens with zero attached hydrogens (tertiary/aromatic N) is 2. The van der Waals surface area contributed by atoms with Crippen molar-refractivity contribution in [2.75, 3.05) is 5.32 Å². The second-order valence-electron chi connectivity index (χ2n) is 5.03. The molecule has 0 unspecified atom stereocenters. The van der Waals surface area contributed by atoms with Crippen LogP contribution in [0.3, 0.4) is 0 Å². The lowest BCUT2D eigenvalue weighted by molar-refractivity contribution is -0.385. The number of rotatable bonds is 3. The predicted molar refractivity (Wildman–Crippen MR) is 81.5 cm³/mol. The maximum absolute atomic E-state index is 12.1. The van der Waals surface area contributed by atoms with Crippen molar-refractivity contribution in [3.8, 4) is 5.75 Å². The first-order valence-electron chi connectivity index (χ1n) is 6.75. The molecule has 1 aromatic rings. The van der Waals surface area contributed by atoms with Crippen LogP contribution >= 0.6 is 12.8 Å². The fourth-order valence-corrected chi connectivity index (χ4v) is 2.70. The van der Waals surface area contributed by atoms with E-state index in [4.69, 9.17) is 0 Å². The van der Waals surface area contributed by atoms with Gasteiger partial charge in [0.05, 0.1) is 4.92 Å². The van der Waals surface area contributed by atoms with Gasteiger partial charge in [-0.2, -0.15) is 0 Å². The Morgan fingerprint density at radius 2 is 2.05 bits per heavy atom. The third-order valence-electron chi connectivity index (χ3n) is 3.55. The van der Waals surface area contributed by atoms with Crippen molar-refractivity contribution in [3.63, 3.8) is 0 Å². The molecule has 114 valence electrons. The number of urea groups is 1. The SMILES string of the molecule is O=C(Nc1ccc(O)c([N+](=O)[O-])c1)N(S)C1CCCCC1. The van der Waals surface area contributed by atoms with Gasteiger partial charge in [0.25, 0.3) is 0 Å². The maximum atomic E-state index is 12.1. The van der Waals surface area contributed by atoms with E-state index in [-0.39, 0.29) is 11.7 Å². The van der Waals surface area contributed by atoms with Crippen molar-refractivity contribution < 1.29 is 14.8 Å². The zero-order valence-electron chi connectivity index (χ0n) is 11.4. The third kappa shape index (κ3) is 3.78. The highest BCUT2D eigenvalue weighted by molar-refractivity contribution is 7.78. The third-order valence-corrected chi connectivity index (χ3v) is 4.06. The molecular weight excluding hydrogens is 294 g/mol. The van der Waals surface area contributed by atoms with E-state index in [0.29, 0.717) is 0 Å². The summed E-state index contributed by atoms with van der Waals surface area (Å²) < 4.78 is 1.35. The average Bonchev–Trinajstić information content (AvgIpc) is 2.49. The fourth-order valence-electron chi connectivity index (χ4n) is 2.42. The molecule has 0 heterocycles. The molecule has 2 amide bonds. The molecule has 0 aliphatic heterocycles. The standard InChI is InChI=1S/C13H17N3O4S/c17-12-7-6-9(8-11(12)16(19)20)14-13(18)15(21)10-4-2-1-3-5-10/h6-8,10,17,21H,1-5H2,(H,14,18). The van der Waals surface area contributed by atoms with Gasteiger partial charge in [-0.1, -0.05) is 32.1 Å². The van der Waals surface area contributed by atoms with Crippen LogP contribution in [-0.2, 0) is 0 Å². The van der Waals surface area contributed by atoms with Crippen LogP contribution < -0.4 is 5.32 Å². The smallest absolute Gasteiger partial charge is 0.331 e. The molecule has 1 saturated carbocycles. The van der Waals surface area contributed by atoms with Gasteiger partial charge < -0.3 is 10.4 Å². The first-order valence-corrected chi connectivity index (χ1v) is 7.15. The molecule has 0 aromatic heterocycles. The van der Waals surface area contributed by atoms with Crippen molar-refractivity contribution in [1.82, 2.24) is 4.31 Å². The predicted octanol–water partition coefficient (Wildman–Crippen LogP) is 3.31.